The number of nitrogens with one attached hydrogen (secondary N) is 1. The molecule has 1 atom stereocenters. The van der Waals surface area contributed by atoms with Crippen molar-refractivity contribution in [3.8, 4) is 0 Å². The molecule has 7 heteroatoms. The molecular weight excluding hydrogens is 396 g/mol. The number of nitrogens with zero attached hydrogens (tertiary/aromatic N) is 3. The molecule has 1 aromatic heterocycles. The van der Waals surface area contributed by atoms with E-state index in [1.165, 1.54) is 17.3 Å². The van der Waals surface area contributed by atoms with E-state index in [-0.39, 0.29) is 36.2 Å². The molecule has 4 rings (SSSR count). The van der Waals surface area contributed by atoms with E-state index in [0.717, 1.165) is 23.1 Å². The van der Waals surface area contributed by atoms with Gasteiger partial charge in [-0.1, -0.05) is 42.1 Å². The topological polar surface area (TPSA) is 67.2 Å². The number of hydrogen-bond acceptors (Lipinski definition) is 4. The summed E-state index contributed by atoms with van der Waals surface area (Å²) in [6, 6.07) is 16.1. The number of amides is 2. The second kappa shape index (κ2) is 8.52. The van der Waals surface area contributed by atoms with Gasteiger partial charge in [0.05, 0.1) is 16.8 Å². The highest BCUT2D eigenvalue weighted by Crippen LogP contribution is 2.33. The second-order valence-corrected chi connectivity index (χ2v) is 8.87. The van der Waals surface area contributed by atoms with Gasteiger partial charge in [0.25, 0.3) is 0 Å². The van der Waals surface area contributed by atoms with Gasteiger partial charge < -0.3 is 14.8 Å². The standard InChI is InChI=1S/C23H26N4O2S/c1-15(2)24-21(28)14-30-23-25-18-9-5-7-11-20(18)26(23)13-22(29)27-16(3)12-17-8-4-6-10-19(17)27/h4-11,15-16H,12-14H2,1-3H3,(H,24,28)/t16-/m0/s1. The minimum atomic E-state index is -0.0398. The van der Waals surface area contributed by atoms with E-state index in [1.807, 2.05) is 65.8 Å². The number of aromatic nitrogens is 2. The summed E-state index contributed by atoms with van der Waals surface area (Å²) in [7, 11) is 0. The van der Waals surface area contributed by atoms with Crippen molar-refractivity contribution in [1.29, 1.82) is 0 Å². The summed E-state index contributed by atoms with van der Waals surface area (Å²) in [6.45, 7) is 6.14. The molecule has 2 aromatic carbocycles. The van der Waals surface area contributed by atoms with Gasteiger partial charge in [0, 0.05) is 17.8 Å². The molecule has 1 N–H and O–H groups in total. The SMILES string of the molecule is CC(C)NC(=O)CSc1nc2ccccc2n1CC(=O)N1c2ccccc2C[C@@H]1C. The highest BCUT2D eigenvalue weighted by atomic mass is 32.2. The zero-order valence-corrected chi connectivity index (χ0v) is 18.3. The second-order valence-electron chi connectivity index (χ2n) is 7.93. The average molecular weight is 423 g/mol. The third-order valence-electron chi connectivity index (χ3n) is 5.17. The summed E-state index contributed by atoms with van der Waals surface area (Å²) in [5, 5.41) is 3.58. The zero-order valence-electron chi connectivity index (χ0n) is 17.5. The van der Waals surface area contributed by atoms with Crippen molar-refractivity contribution in [3.05, 3.63) is 54.1 Å². The molecule has 0 saturated heterocycles. The van der Waals surface area contributed by atoms with Gasteiger partial charge in [0.2, 0.25) is 11.8 Å². The minimum absolute atomic E-state index is 0.0316. The van der Waals surface area contributed by atoms with Crippen LogP contribution in [0, 0.1) is 0 Å². The van der Waals surface area contributed by atoms with Gasteiger partial charge in [-0.15, -0.1) is 0 Å². The monoisotopic (exact) mass is 422 g/mol. The molecule has 0 fully saturated rings. The summed E-state index contributed by atoms with van der Waals surface area (Å²) in [5.41, 5.74) is 3.92. The third-order valence-corrected chi connectivity index (χ3v) is 6.15. The summed E-state index contributed by atoms with van der Waals surface area (Å²) in [4.78, 5) is 32.0. The van der Waals surface area contributed by atoms with Gasteiger partial charge in [-0.25, -0.2) is 4.98 Å². The third kappa shape index (κ3) is 4.07. The Balaban J connectivity index is 1.60. The molecule has 0 bridgehead atoms. The number of imidazole rings is 1. The number of thioether (sulfide) groups is 1. The lowest BCUT2D eigenvalue weighted by Gasteiger charge is -2.23. The lowest BCUT2D eigenvalue weighted by molar-refractivity contribution is -0.120. The number of rotatable bonds is 6. The molecule has 156 valence electrons. The molecule has 1 aliphatic heterocycles. The van der Waals surface area contributed by atoms with Crippen LogP contribution in [0.15, 0.2) is 53.7 Å². The Labute approximate surface area is 180 Å². The van der Waals surface area contributed by atoms with E-state index in [1.54, 1.807) is 0 Å². The largest absolute Gasteiger partial charge is 0.353 e. The Morgan fingerprint density at radius 1 is 1.17 bits per heavy atom. The molecule has 6 nitrogen and oxygen atoms in total. The number of carbonyl (C=O) groups is 2. The Hall–Kier alpha value is -2.80. The lowest BCUT2D eigenvalue weighted by Crippen LogP contribution is -2.38. The Bertz CT molecular complexity index is 1090. The average Bonchev–Trinajstić information content (AvgIpc) is 3.22. The van der Waals surface area contributed by atoms with Gasteiger partial charge in [-0.3, -0.25) is 9.59 Å². The van der Waals surface area contributed by atoms with Crippen molar-refractivity contribution in [2.45, 2.75) is 51.0 Å². The first kappa shape index (κ1) is 20.5. The molecule has 2 amide bonds. The molecule has 0 spiro atoms. The fourth-order valence-corrected chi connectivity index (χ4v) is 4.79. The molecule has 0 unspecified atom stereocenters. The quantitative estimate of drug-likeness (QED) is 0.616. The molecule has 30 heavy (non-hydrogen) atoms. The van der Waals surface area contributed by atoms with Crippen LogP contribution in [0.2, 0.25) is 0 Å². The number of para-hydroxylation sites is 3. The van der Waals surface area contributed by atoms with Gasteiger partial charge in [0.1, 0.15) is 6.54 Å². The van der Waals surface area contributed by atoms with Crippen LogP contribution in [0.1, 0.15) is 26.3 Å². The zero-order chi connectivity index (χ0) is 21.3. The molecule has 2 heterocycles. The minimum Gasteiger partial charge on any atom is -0.353 e. The normalized spacial score (nSPS) is 15.6. The van der Waals surface area contributed by atoms with Gasteiger partial charge in [-0.2, -0.15) is 0 Å². The van der Waals surface area contributed by atoms with Crippen molar-refractivity contribution in [2.24, 2.45) is 0 Å². The Kier molecular flexibility index (Phi) is 5.81. The first-order valence-corrected chi connectivity index (χ1v) is 11.2. The number of benzene rings is 2. The van der Waals surface area contributed by atoms with Crippen molar-refractivity contribution >= 4 is 40.3 Å². The fraction of sp³-hybridized carbons (Fsp3) is 0.348. The Morgan fingerprint density at radius 3 is 2.70 bits per heavy atom. The van der Waals surface area contributed by atoms with E-state index in [4.69, 9.17) is 0 Å². The molecule has 0 aliphatic carbocycles. The highest BCUT2D eigenvalue weighted by Gasteiger charge is 2.31. The molecule has 1 aliphatic rings. The van der Waals surface area contributed by atoms with Gasteiger partial charge in [0.15, 0.2) is 5.16 Å². The Morgan fingerprint density at radius 2 is 1.90 bits per heavy atom. The molecule has 0 saturated carbocycles. The van der Waals surface area contributed by atoms with Crippen molar-refractivity contribution in [3.63, 3.8) is 0 Å². The smallest absolute Gasteiger partial charge is 0.247 e. The highest BCUT2D eigenvalue weighted by molar-refractivity contribution is 7.99. The van der Waals surface area contributed by atoms with Crippen LogP contribution in [-0.2, 0) is 22.6 Å². The van der Waals surface area contributed by atoms with Crippen molar-refractivity contribution in [1.82, 2.24) is 14.9 Å². The molecule has 3 aromatic rings. The van der Waals surface area contributed by atoms with E-state index in [9.17, 15) is 9.59 Å². The van der Waals surface area contributed by atoms with Crippen LogP contribution in [0.3, 0.4) is 0 Å². The number of anilines is 1. The van der Waals surface area contributed by atoms with Crippen LogP contribution in [0.4, 0.5) is 5.69 Å². The summed E-state index contributed by atoms with van der Waals surface area (Å²) < 4.78 is 1.93. The number of hydrogen-bond donors (Lipinski definition) is 1. The fourth-order valence-electron chi connectivity index (χ4n) is 3.97. The van der Waals surface area contributed by atoms with Crippen molar-refractivity contribution in [2.75, 3.05) is 10.7 Å². The first-order chi connectivity index (χ1) is 14.4. The van der Waals surface area contributed by atoms with Crippen LogP contribution < -0.4 is 10.2 Å². The molecular formula is C23H26N4O2S. The van der Waals surface area contributed by atoms with Crippen molar-refractivity contribution < 1.29 is 9.59 Å². The van der Waals surface area contributed by atoms with Crippen LogP contribution in [0.5, 0.6) is 0 Å². The van der Waals surface area contributed by atoms with Gasteiger partial charge >= 0.3 is 0 Å². The summed E-state index contributed by atoms with van der Waals surface area (Å²) in [5.74, 6) is 0.254. The number of fused-ring (bicyclic) bond motifs is 2. The van der Waals surface area contributed by atoms with Gasteiger partial charge in [-0.05, 0) is 51.0 Å². The van der Waals surface area contributed by atoms with E-state index < -0.39 is 0 Å². The van der Waals surface area contributed by atoms with Crippen LogP contribution in [0.25, 0.3) is 11.0 Å². The summed E-state index contributed by atoms with van der Waals surface area (Å²) in [6.07, 6.45) is 0.865. The predicted octanol–water partition coefficient (Wildman–Crippen LogP) is 3.63. The van der Waals surface area contributed by atoms with Crippen LogP contribution >= 0.6 is 11.8 Å². The predicted molar refractivity (Wildman–Crippen MR) is 121 cm³/mol. The van der Waals surface area contributed by atoms with E-state index >= 15 is 0 Å². The van der Waals surface area contributed by atoms with E-state index in [2.05, 4.69) is 23.3 Å². The molecule has 0 radical (unpaired) electrons. The number of carbonyl (C=O) groups excluding carboxylic acids is 2. The maximum Gasteiger partial charge on any atom is 0.247 e. The maximum atomic E-state index is 13.4. The van der Waals surface area contributed by atoms with Crippen LogP contribution in [-0.4, -0.2) is 39.2 Å². The maximum absolute atomic E-state index is 13.4. The van der Waals surface area contributed by atoms with E-state index in [0.29, 0.717) is 5.16 Å². The summed E-state index contributed by atoms with van der Waals surface area (Å²) >= 11 is 1.36. The lowest BCUT2D eigenvalue weighted by atomic mass is 10.1. The first-order valence-electron chi connectivity index (χ1n) is 10.2.